The van der Waals surface area contributed by atoms with E-state index in [4.69, 9.17) is 4.74 Å². The van der Waals surface area contributed by atoms with E-state index in [1.807, 2.05) is 29.2 Å². The Balaban J connectivity index is 1.50. The lowest BCUT2D eigenvalue weighted by Gasteiger charge is -2.36. The van der Waals surface area contributed by atoms with Crippen LogP contribution in [0.1, 0.15) is 11.1 Å². The first-order chi connectivity index (χ1) is 12.7. The Morgan fingerprint density at radius 2 is 1.69 bits per heavy atom. The van der Waals surface area contributed by atoms with Crippen LogP contribution in [0.5, 0.6) is 0 Å². The number of methoxy groups -OCH3 is 1. The number of ether oxygens (including phenoxy) is 1. The Morgan fingerprint density at radius 1 is 1.04 bits per heavy atom. The number of urea groups is 1. The highest BCUT2D eigenvalue weighted by Gasteiger charge is 2.21. The third-order valence-electron chi connectivity index (χ3n) is 4.61. The van der Waals surface area contributed by atoms with Crippen molar-refractivity contribution in [3.63, 3.8) is 0 Å². The summed E-state index contributed by atoms with van der Waals surface area (Å²) in [7, 11) is 1.66. The molecule has 0 saturated carbocycles. The number of carbonyl (C=O) groups excluding carboxylic acids is 1. The van der Waals surface area contributed by atoms with Crippen molar-refractivity contribution in [2.45, 2.75) is 13.2 Å². The molecule has 0 spiro atoms. The minimum atomic E-state index is -0.236. The van der Waals surface area contributed by atoms with Gasteiger partial charge in [-0.3, -0.25) is 0 Å². The molecule has 1 saturated heterocycles. The van der Waals surface area contributed by atoms with Gasteiger partial charge in [-0.1, -0.05) is 24.3 Å². The van der Waals surface area contributed by atoms with Crippen molar-refractivity contribution >= 4 is 11.7 Å². The Bertz CT molecular complexity index is 728. The zero-order chi connectivity index (χ0) is 18.4. The summed E-state index contributed by atoms with van der Waals surface area (Å²) in [5, 5.41) is 2.99. The van der Waals surface area contributed by atoms with Gasteiger partial charge in [-0.15, -0.1) is 0 Å². The number of anilines is 1. The van der Waals surface area contributed by atoms with E-state index in [0.29, 0.717) is 26.2 Å². The van der Waals surface area contributed by atoms with E-state index in [0.717, 1.165) is 29.9 Å². The van der Waals surface area contributed by atoms with E-state index in [2.05, 4.69) is 10.2 Å². The van der Waals surface area contributed by atoms with E-state index in [1.165, 1.54) is 12.1 Å². The molecular weight excluding hydrogens is 333 g/mol. The summed E-state index contributed by atoms with van der Waals surface area (Å²) in [5.41, 5.74) is 3.13. The van der Waals surface area contributed by atoms with Crippen LogP contribution >= 0.6 is 0 Å². The van der Waals surface area contributed by atoms with Gasteiger partial charge in [0.25, 0.3) is 0 Å². The molecule has 0 bridgehead atoms. The minimum absolute atomic E-state index is 0.0593. The van der Waals surface area contributed by atoms with Gasteiger partial charge >= 0.3 is 6.03 Å². The number of nitrogens with zero attached hydrogens (tertiary/aromatic N) is 2. The fraction of sp³-hybridized carbons (Fsp3) is 0.350. The van der Waals surface area contributed by atoms with Crippen LogP contribution in [0, 0.1) is 5.82 Å². The second kappa shape index (κ2) is 8.67. The number of hydrogen-bond acceptors (Lipinski definition) is 3. The number of nitrogens with one attached hydrogen (secondary N) is 1. The molecule has 0 atom stereocenters. The second-order valence-corrected chi connectivity index (χ2v) is 6.31. The smallest absolute Gasteiger partial charge is 0.317 e. The molecule has 2 amide bonds. The number of halogens is 1. The van der Waals surface area contributed by atoms with Gasteiger partial charge in [0.15, 0.2) is 0 Å². The van der Waals surface area contributed by atoms with Crippen LogP contribution in [0.15, 0.2) is 48.5 Å². The highest BCUT2D eigenvalue weighted by atomic mass is 19.1. The predicted octanol–water partition coefficient (Wildman–Crippen LogP) is 3.00. The largest absolute Gasteiger partial charge is 0.380 e. The molecule has 2 aromatic rings. The number of piperazine rings is 1. The molecule has 1 heterocycles. The van der Waals surface area contributed by atoms with Crippen LogP contribution in [0.3, 0.4) is 0 Å². The number of rotatable bonds is 5. The van der Waals surface area contributed by atoms with Crippen LogP contribution in [0.25, 0.3) is 0 Å². The van der Waals surface area contributed by atoms with Crippen molar-refractivity contribution in [3.8, 4) is 0 Å². The first-order valence-corrected chi connectivity index (χ1v) is 8.76. The van der Waals surface area contributed by atoms with Gasteiger partial charge < -0.3 is 19.9 Å². The number of hydrogen-bond donors (Lipinski definition) is 1. The fourth-order valence-electron chi connectivity index (χ4n) is 3.13. The van der Waals surface area contributed by atoms with Crippen molar-refractivity contribution in [2.24, 2.45) is 0 Å². The molecule has 1 aliphatic rings. The summed E-state index contributed by atoms with van der Waals surface area (Å²) in [6.45, 7) is 3.77. The van der Waals surface area contributed by atoms with Gasteiger partial charge in [-0.2, -0.15) is 0 Å². The number of amides is 2. The highest BCUT2D eigenvalue weighted by Crippen LogP contribution is 2.17. The van der Waals surface area contributed by atoms with Crippen molar-refractivity contribution < 1.29 is 13.9 Å². The van der Waals surface area contributed by atoms with Crippen LogP contribution in [0.4, 0.5) is 14.9 Å². The molecule has 2 aromatic carbocycles. The summed E-state index contributed by atoms with van der Waals surface area (Å²) >= 11 is 0. The van der Waals surface area contributed by atoms with Gasteiger partial charge in [-0.25, -0.2) is 9.18 Å². The molecule has 5 nitrogen and oxygen atoms in total. The average molecular weight is 357 g/mol. The van der Waals surface area contributed by atoms with Gasteiger partial charge in [0.1, 0.15) is 5.82 Å². The van der Waals surface area contributed by atoms with Gasteiger partial charge in [0.2, 0.25) is 0 Å². The molecule has 138 valence electrons. The quantitative estimate of drug-likeness (QED) is 0.895. The summed E-state index contributed by atoms with van der Waals surface area (Å²) in [6.07, 6.45) is 0. The maximum Gasteiger partial charge on any atom is 0.317 e. The second-order valence-electron chi connectivity index (χ2n) is 6.31. The molecule has 6 heteroatoms. The fourth-order valence-corrected chi connectivity index (χ4v) is 3.13. The van der Waals surface area contributed by atoms with Crippen molar-refractivity contribution in [1.29, 1.82) is 0 Å². The van der Waals surface area contributed by atoms with Gasteiger partial charge in [-0.05, 0) is 35.4 Å². The molecule has 1 aliphatic heterocycles. The lowest BCUT2D eigenvalue weighted by atomic mass is 10.1. The van der Waals surface area contributed by atoms with Gasteiger partial charge in [0, 0.05) is 45.5 Å². The highest BCUT2D eigenvalue weighted by molar-refractivity contribution is 5.74. The third-order valence-corrected chi connectivity index (χ3v) is 4.61. The Hall–Kier alpha value is -2.60. The zero-order valence-corrected chi connectivity index (χ0v) is 15.0. The summed E-state index contributed by atoms with van der Waals surface area (Å²) < 4.78 is 18.2. The molecule has 1 N–H and O–H groups in total. The van der Waals surface area contributed by atoms with Crippen molar-refractivity contribution in [1.82, 2.24) is 10.2 Å². The number of benzene rings is 2. The molecule has 0 aromatic heterocycles. The molecular formula is C20H24FN3O2. The van der Waals surface area contributed by atoms with E-state index in [9.17, 15) is 9.18 Å². The maximum absolute atomic E-state index is 13.0. The molecule has 1 fully saturated rings. The Kier molecular flexibility index (Phi) is 6.07. The molecule has 3 rings (SSSR count). The summed E-state index contributed by atoms with van der Waals surface area (Å²) in [4.78, 5) is 16.4. The summed E-state index contributed by atoms with van der Waals surface area (Å²) in [5.74, 6) is -0.236. The SMILES string of the molecule is COCc1ccccc1CNC(=O)N1CCN(c2ccc(F)cc2)CC1. The normalized spacial score (nSPS) is 14.4. The standard InChI is InChI=1S/C20H24FN3O2/c1-26-15-17-5-3-2-4-16(17)14-22-20(25)24-12-10-23(11-13-24)19-8-6-18(21)7-9-19/h2-9H,10-15H2,1H3,(H,22,25). The van der Waals surface area contributed by atoms with E-state index in [1.54, 1.807) is 19.2 Å². The van der Waals surface area contributed by atoms with Crippen LogP contribution in [-0.2, 0) is 17.9 Å². The molecule has 0 radical (unpaired) electrons. The number of carbonyl (C=O) groups is 1. The zero-order valence-electron chi connectivity index (χ0n) is 15.0. The van der Waals surface area contributed by atoms with Crippen molar-refractivity contribution in [2.75, 3.05) is 38.2 Å². The first-order valence-electron chi connectivity index (χ1n) is 8.76. The first kappa shape index (κ1) is 18.2. The van der Waals surface area contributed by atoms with E-state index < -0.39 is 0 Å². The molecule has 0 unspecified atom stereocenters. The van der Waals surface area contributed by atoms with Crippen LogP contribution < -0.4 is 10.2 Å². The van der Waals surface area contributed by atoms with E-state index >= 15 is 0 Å². The van der Waals surface area contributed by atoms with Crippen LogP contribution in [0.2, 0.25) is 0 Å². The minimum Gasteiger partial charge on any atom is -0.380 e. The molecule has 26 heavy (non-hydrogen) atoms. The lowest BCUT2D eigenvalue weighted by molar-refractivity contribution is 0.183. The molecule has 0 aliphatic carbocycles. The third kappa shape index (κ3) is 4.52. The average Bonchev–Trinajstić information content (AvgIpc) is 2.68. The van der Waals surface area contributed by atoms with Crippen LogP contribution in [-0.4, -0.2) is 44.2 Å². The Labute approximate surface area is 153 Å². The van der Waals surface area contributed by atoms with Gasteiger partial charge in [0.05, 0.1) is 6.61 Å². The topological polar surface area (TPSA) is 44.8 Å². The summed E-state index contributed by atoms with van der Waals surface area (Å²) in [6, 6.07) is 14.4. The monoisotopic (exact) mass is 357 g/mol. The van der Waals surface area contributed by atoms with Crippen molar-refractivity contribution in [3.05, 3.63) is 65.5 Å². The van der Waals surface area contributed by atoms with E-state index in [-0.39, 0.29) is 11.8 Å². The predicted molar refractivity (Wildman–Crippen MR) is 99.6 cm³/mol. The lowest BCUT2D eigenvalue weighted by Crippen LogP contribution is -2.51. The maximum atomic E-state index is 13.0. The Morgan fingerprint density at radius 3 is 2.35 bits per heavy atom.